The summed E-state index contributed by atoms with van der Waals surface area (Å²) in [6.45, 7) is 2.11. The van der Waals surface area contributed by atoms with Crippen molar-refractivity contribution in [2.75, 3.05) is 25.0 Å². The van der Waals surface area contributed by atoms with Gasteiger partial charge in [-0.2, -0.15) is 0 Å². The number of amides is 1. The Labute approximate surface area is 191 Å². The highest BCUT2D eigenvalue weighted by Crippen LogP contribution is 2.31. The van der Waals surface area contributed by atoms with Gasteiger partial charge in [-0.1, -0.05) is 24.3 Å². The van der Waals surface area contributed by atoms with Crippen LogP contribution in [-0.2, 0) is 4.79 Å². The van der Waals surface area contributed by atoms with Gasteiger partial charge in [0.05, 0.1) is 24.0 Å². The third-order valence-corrected chi connectivity index (χ3v) is 6.18. The molecule has 8 nitrogen and oxygen atoms in total. The molecule has 1 fully saturated rings. The third-order valence-electron chi connectivity index (χ3n) is 6.18. The number of likely N-dealkylation sites (tertiary alicyclic amines) is 1. The van der Waals surface area contributed by atoms with Crippen molar-refractivity contribution in [2.45, 2.75) is 18.8 Å². The molecular formula is C25H26N6O2. The number of anilines is 2. The second-order valence-electron chi connectivity index (χ2n) is 8.42. The van der Waals surface area contributed by atoms with E-state index < -0.39 is 0 Å². The van der Waals surface area contributed by atoms with Crippen molar-refractivity contribution in [3.63, 3.8) is 0 Å². The monoisotopic (exact) mass is 442 g/mol. The lowest BCUT2D eigenvalue weighted by atomic mass is 9.89. The molecule has 0 bridgehead atoms. The number of nitrogens with zero attached hydrogens (tertiary/aromatic N) is 4. The van der Waals surface area contributed by atoms with Gasteiger partial charge < -0.3 is 16.2 Å². The Morgan fingerprint density at radius 1 is 1.06 bits per heavy atom. The van der Waals surface area contributed by atoms with E-state index in [-0.39, 0.29) is 11.7 Å². The molecule has 0 unspecified atom stereocenters. The molecule has 4 N–H and O–H groups in total. The van der Waals surface area contributed by atoms with Crippen LogP contribution in [0.5, 0.6) is 5.75 Å². The molecule has 1 saturated heterocycles. The number of aromatic hydroxyl groups is 1. The molecule has 0 aliphatic carbocycles. The van der Waals surface area contributed by atoms with Gasteiger partial charge in [-0.15, -0.1) is 5.10 Å². The molecule has 5 rings (SSSR count). The molecule has 0 saturated carbocycles. The van der Waals surface area contributed by atoms with Crippen LogP contribution in [0, 0.1) is 0 Å². The fourth-order valence-electron chi connectivity index (χ4n) is 4.47. The van der Waals surface area contributed by atoms with Crippen LogP contribution in [0.4, 0.5) is 11.6 Å². The number of nitrogens with one attached hydrogen (secondary N) is 1. The Bertz CT molecular complexity index is 1280. The summed E-state index contributed by atoms with van der Waals surface area (Å²) in [6.07, 6.45) is 3.79. The molecule has 1 aliphatic heterocycles. The van der Waals surface area contributed by atoms with E-state index >= 15 is 0 Å². The molecule has 0 spiro atoms. The number of phenols is 1. The maximum absolute atomic E-state index is 11.1. The predicted octanol–water partition coefficient (Wildman–Crippen LogP) is 3.51. The molecule has 33 heavy (non-hydrogen) atoms. The van der Waals surface area contributed by atoms with Gasteiger partial charge in [0.1, 0.15) is 5.75 Å². The molecular weight excluding hydrogens is 416 g/mol. The van der Waals surface area contributed by atoms with Crippen molar-refractivity contribution < 1.29 is 9.90 Å². The highest BCUT2D eigenvalue weighted by molar-refractivity contribution is 5.76. The standard InChI is InChI=1S/C25H26N6O2/c26-24(33)16-30-13-11-18(12-14-30)17-5-7-19(8-6-17)28-25-27-15-20-9-10-22(31(20)29-25)21-3-1-2-4-23(21)32/h1-10,15,18,32H,11-14,16H2,(H2,26,33)(H,28,29). The molecule has 3 heterocycles. The fraction of sp³-hybridized carbons (Fsp3) is 0.240. The van der Waals surface area contributed by atoms with Gasteiger partial charge in [0, 0.05) is 11.3 Å². The van der Waals surface area contributed by atoms with Crippen LogP contribution < -0.4 is 11.1 Å². The zero-order valence-corrected chi connectivity index (χ0v) is 18.2. The lowest BCUT2D eigenvalue weighted by Crippen LogP contribution is -2.39. The maximum atomic E-state index is 11.1. The van der Waals surface area contributed by atoms with Crippen molar-refractivity contribution >= 4 is 23.1 Å². The fourth-order valence-corrected chi connectivity index (χ4v) is 4.47. The first-order valence-electron chi connectivity index (χ1n) is 11.1. The molecule has 2 aromatic heterocycles. The lowest BCUT2D eigenvalue weighted by Gasteiger charge is -2.31. The molecule has 0 atom stereocenters. The number of carbonyl (C=O) groups is 1. The predicted molar refractivity (Wildman–Crippen MR) is 127 cm³/mol. The van der Waals surface area contributed by atoms with E-state index in [1.165, 1.54) is 5.56 Å². The number of benzene rings is 2. The summed E-state index contributed by atoms with van der Waals surface area (Å²) in [5.74, 6) is 0.901. The third kappa shape index (κ3) is 4.51. The largest absolute Gasteiger partial charge is 0.507 e. The average Bonchev–Trinajstić information content (AvgIpc) is 3.23. The van der Waals surface area contributed by atoms with E-state index in [9.17, 15) is 9.90 Å². The minimum Gasteiger partial charge on any atom is -0.507 e. The number of carbonyl (C=O) groups excluding carboxylic acids is 1. The number of hydrogen-bond donors (Lipinski definition) is 3. The molecule has 1 amide bonds. The van der Waals surface area contributed by atoms with Gasteiger partial charge in [0.25, 0.3) is 0 Å². The molecule has 168 valence electrons. The number of fused-ring (bicyclic) bond motifs is 1. The van der Waals surface area contributed by atoms with Crippen LogP contribution in [0.2, 0.25) is 0 Å². The van der Waals surface area contributed by atoms with Crippen molar-refractivity contribution in [3.05, 3.63) is 72.4 Å². The van der Waals surface area contributed by atoms with Gasteiger partial charge in [-0.3, -0.25) is 9.69 Å². The molecule has 0 radical (unpaired) electrons. The summed E-state index contributed by atoms with van der Waals surface area (Å²) in [5, 5.41) is 18.1. The van der Waals surface area contributed by atoms with E-state index in [0.717, 1.165) is 42.8 Å². The van der Waals surface area contributed by atoms with Gasteiger partial charge in [0.2, 0.25) is 11.9 Å². The highest BCUT2D eigenvalue weighted by Gasteiger charge is 2.21. The summed E-state index contributed by atoms with van der Waals surface area (Å²) in [4.78, 5) is 17.7. The van der Waals surface area contributed by atoms with Gasteiger partial charge in [-0.05, 0) is 73.8 Å². The topological polar surface area (TPSA) is 109 Å². The summed E-state index contributed by atoms with van der Waals surface area (Å²) < 4.78 is 1.78. The molecule has 4 aromatic rings. The van der Waals surface area contributed by atoms with E-state index in [0.29, 0.717) is 24.0 Å². The Morgan fingerprint density at radius 2 is 1.82 bits per heavy atom. The maximum Gasteiger partial charge on any atom is 0.245 e. The molecule has 2 aromatic carbocycles. The number of rotatable bonds is 6. The van der Waals surface area contributed by atoms with Crippen molar-refractivity contribution in [2.24, 2.45) is 5.73 Å². The van der Waals surface area contributed by atoms with Crippen molar-refractivity contribution in [1.29, 1.82) is 0 Å². The lowest BCUT2D eigenvalue weighted by molar-refractivity contribution is -0.119. The number of piperidine rings is 1. The van der Waals surface area contributed by atoms with Crippen LogP contribution in [0.25, 0.3) is 16.8 Å². The summed E-state index contributed by atoms with van der Waals surface area (Å²) in [5.41, 5.74) is 9.86. The van der Waals surface area contributed by atoms with Gasteiger partial charge in [0.15, 0.2) is 0 Å². The van der Waals surface area contributed by atoms with Crippen LogP contribution in [0.3, 0.4) is 0 Å². The Kier molecular flexibility index (Phi) is 5.66. The van der Waals surface area contributed by atoms with Gasteiger partial charge >= 0.3 is 0 Å². The van der Waals surface area contributed by atoms with E-state index in [4.69, 9.17) is 5.73 Å². The Hall–Kier alpha value is -3.91. The van der Waals surface area contributed by atoms with Crippen molar-refractivity contribution in [1.82, 2.24) is 19.5 Å². The average molecular weight is 443 g/mol. The second kappa shape index (κ2) is 8.91. The van der Waals surface area contributed by atoms with E-state index in [1.807, 2.05) is 36.4 Å². The zero-order chi connectivity index (χ0) is 22.8. The summed E-state index contributed by atoms with van der Waals surface area (Å²) >= 11 is 0. The van der Waals surface area contributed by atoms with E-state index in [1.54, 1.807) is 22.8 Å². The Morgan fingerprint density at radius 3 is 2.55 bits per heavy atom. The smallest absolute Gasteiger partial charge is 0.245 e. The number of nitrogens with two attached hydrogens (primary N) is 1. The molecule has 1 aliphatic rings. The van der Waals surface area contributed by atoms with Crippen LogP contribution in [-0.4, -0.2) is 50.1 Å². The Balaban J connectivity index is 1.30. The quantitative estimate of drug-likeness (QED) is 0.422. The van der Waals surface area contributed by atoms with Crippen molar-refractivity contribution in [3.8, 4) is 17.0 Å². The number of primary amides is 1. The molecule has 8 heteroatoms. The highest BCUT2D eigenvalue weighted by atomic mass is 16.3. The van der Waals surface area contributed by atoms with E-state index in [2.05, 4.69) is 32.4 Å². The van der Waals surface area contributed by atoms with Crippen LogP contribution >= 0.6 is 0 Å². The number of aromatic nitrogens is 3. The first-order chi connectivity index (χ1) is 16.1. The first-order valence-corrected chi connectivity index (χ1v) is 11.1. The van der Waals surface area contributed by atoms with Crippen LogP contribution in [0.1, 0.15) is 24.3 Å². The minimum absolute atomic E-state index is 0.210. The zero-order valence-electron chi connectivity index (χ0n) is 18.2. The normalized spacial score (nSPS) is 15.0. The number of phenolic OH excluding ortho intramolecular Hbond substituents is 1. The van der Waals surface area contributed by atoms with Crippen LogP contribution in [0.15, 0.2) is 66.9 Å². The number of para-hydroxylation sites is 1. The first kappa shape index (κ1) is 21.0. The number of hydrogen-bond acceptors (Lipinski definition) is 6. The second-order valence-corrected chi connectivity index (χ2v) is 8.42. The minimum atomic E-state index is -0.267. The summed E-state index contributed by atoms with van der Waals surface area (Å²) in [7, 11) is 0. The summed E-state index contributed by atoms with van der Waals surface area (Å²) in [6, 6.07) is 19.4. The van der Waals surface area contributed by atoms with Gasteiger partial charge in [-0.25, -0.2) is 9.50 Å². The SMILES string of the molecule is NC(=O)CN1CCC(c2ccc(Nc3ncc4ccc(-c5ccccc5O)n4n3)cc2)CC1.